The van der Waals surface area contributed by atoms with Gasteiger partial charge in [-0.1, -0.05) is 18.2 Å². The molecule has 4 heteroatoms. The van der Waals surface area contributed by atoms with Crippen molar-refractivity contribution in [2.75, 3.05) is 7.05 Å². The fraction of sp³-hybridized carbons (Fsp3) is 0.500. The zero-order valence-electron chi connectivity index (χ0n) is 11.4. The number of esters is 1. The first-order valence-electron chi connectivity index (χ1n) is 7.15. The smallest absolute Gasteiger partial charge is 0.338 e. The molecule has 1 aromatic carbocycles. The van der Waals surface area contributed by atoms with Gasteiger partial charge in [-0.25, -0.2) is 4.79 Å². The van der Waals surface area contributed by atoms with Crippen molar-refractivity contribution in [1.82, 2.24) is 0 Å². The molecule has 4 nitrogen and oxygen atoms in total. The van der Waals surface area contributed by atoms with Crippen molar-refractivity contribution in [3.8, 4) is 0 Å². The molecule has 104 valence electrons. The second-order valence-corrected chi connectivity index (χ2v) is 5.80. The van der Waals surface area contributed by atoms with Crippen LogP contribution >= 0.6 is 0 Å². The van der Waals surface area contributed by atoms with Crippen LogP contribution in [-0.4, -0.2) is 37.0 Å². The van der Waals surface area contributed by atoms with E-state index >= 15 is 0 Å². The zero-order valence-corrected chi connectivity index (χ0v) is 11.4. The van der Waals surface area contributed by atoms with Gasteiger partial charge in [0.25, 0.3) is 0 Å². The maximum atomic E-state index is 12.1. The van der Waals surface area contributed by atoms with Crippen LogP contribution in [0.1, 0.15) is 23.2 Å². The van der Waals surface area contributed by atoms with Crippen molar-refractivity contribution >= 4 is 11.7 Å². The number of fused-ring (bicyclic) bond motifs is 4. The first kappa shape index (κ1) is 12.1. The SMILES string of the molecule is C/N=C1\CC(OC(=O)c2ccccc2)CC2C1C1O[C@H]21. The lowest BCUT2D eigenvalue weighted by Crippen LogP contribution is -2.49. The van der Waals surface area contributed by atoms with Crippen molar-refractivity contribution in [3.05, 3.63) is 35.9 Å². The van der Waals surface area contributed by atoms with Crippen LogP contribution in [0.4, 0.5) is 0 Å². The Balaban J connectivity index is 1.46. The molecule has 3 fully saturated rings. The molecule has 0 radical (unpaired) electrons. The van der Waals surface area contributed by atoms with Gasteiger partial charge in [0.05, 0.1) is 17.8 Å². The molecular formula is C16H17NO3. The summed E-state index contributed by atoms with van der Waals surface area (Å²) in [6, 6.07) is 9.16. The van der Waals surface area contributed by atoms with Gasteiger partial charge >= 0.3 is 5.97 Å². The van der Waals surface area contributed by atoms with E-state index in [1.165, 1.54) is 0 Å². The summed E-state index contributed by atoms with van der Waals surface area (Å²) in [4.78, 5) is 16.5. The van der Waals surface area contributed by atoms with Crippen LogP contribution in [0.5, 0.6) is 0 Å². The summed E-state index contributed by atoms with van der Waals surface area (Å²) in [5, 5.41) is 0. The lowest BCUT2D eigenvalue weighted by Gasteiger charge is -2.40. The van der Waals surface area contributed by atoms with Crippen molar-refractivity contribution in [2.45, 2.75) is 31.2 Å². The van der Waals surface area contributed by atoms with Gasteiger partial charge in [-0.15, -0.1) is 0 Å². The molecule has 1 heterocycles. The molecule has 0 spiro atoms. The first-order chi connectivity index (χ1) is 9.78. The third kappa shape index (κ3) is 1.79. The summed E-state index contributed by atoms with van der Waals surface area (Å²) in [5.41, 5.74) is 1.77. The van der Waals surface area contributed by atoms with Gasteiger partial charge in [-0.3, -0.25) is 4.99 Å². The Kier molecular flexibility index (Phi) is 2.67. The van der Waals surface area contributed by atoms with Crippen molar-refractivity contribution in [1.29, 1.82) is 0 Å². The lowest BCUT2D eigenvalue weighted by atomic mass is 9.64. The molecule has 4 rings (SSSR count). The Bertz CT molecular complexity index is 568. The summed E-state index contributed by atoms with van der Waals surface area (Å²) in [6.45, 7) is 0. The number of aliphatic imine (C=N–C) groups is 1. The summed E-state index contributed by atoms with van der Waals surface area (Å²) < 4.78 is 11.3. The number of carbonyl (C=O) groups excluding carboxylic acids is 1. The molecule has 0 bridgehead atoms. The van der Waals surface area contributed by atoms with E-state index in [0.717, 1.165) is 18.6 Å². The van der Waals surface area contributed by atoms with E-state index in [1.807, 2.05) is 25.2 Å². The molecule has 4 unspecified atom stereocenters. The molecule has 1 saturated heterocycles. The topological polar surface area (TPSA) is 51.2 Å². The van der Waals surface area contributed by atoms with Crippen molar-refractivity contribution < 1.29 is 14.3 Å². The predicted octanol–water partition coefficient (Wildman–Crippen LogP) is 2.09. The summed E-state index contributed by atoms with van der Waals surface area (Å²) >= 11 is 0. The van der Waals surface area contributed by atoms with E-state index in [1.54, 1.807) is 12.1 Å². The number of epoxide rings is 1. The van der Waals surface area contributed by atoms with E-state index in [0.29, 0.717) is 29.6 Å². The standard InChI is InChI=1S/C16H17NO3/c1-17-12-8-10(7-11-13(12)15-14(11)20-15)19-16(18)9-5-3-2-4-6-9/h2-6,10-11,13-15H,7-8H2,1H3/b17-12+/t10?,11?,13?,14-,15?/m1/s1. The highest BCUT2D eigenvalue weighted by Crippen LogP contribution is 2.57. The predicted molar refractivity (Wildman–Crippen MR) is 73.9 cm³/mol. The second kappa shape index (κ2) is 4.42. The number of benzene rings is 1. The number of hydrogen-bond donors (Lipinski definition) is 0. The summed E-state index contributed by atoms with van der Waals surface area (Å²) in [6.07, 6.45) is 2.40. The quantitative estimate of drug-likeness (QED) is 0.611. The minimum absolute atomic E-state index is 0.0622. The third-order valence-electron chi connectivity index (χ3n) is 4.73. The Labute approximate surface area is 117 Å². The molecule has 2 saturated carbocycles. The van der Waals surface area contributed by atoms with Crippen LogP contribution in [0.2, 0.25) is 0 Å². The monoisotopic (exact) mass is 271 g/mol. The highest BCUT2D eigenvalue weighted by Gasteiger charge is 2.67. The number of ether oxygens (including phenoxy) is 2. The molecule has 0 amide bonds. The Morgan fingerprint density at radius 2 is 2.10 bits per heavy atom. The van der Waals surface area contributed by atoms with Gasteiger partial charge in [-0.05, 0) is 18.6 Å². The van der Waals surface area contributed by atoms with Crippen LogP contribution in [0.3, 0.4) is 0 Å². The van der Waals surface area contributed by atoms with E-state index in [2.05, 4.69) is 4.99 Å². The second-order valence-electron chi connectivity index (χ2n) is 5.80. The van der Waals surface area contributed by atoms with Crippen molar-refractivity contribution in [3.63, 3.8) is 0 Å². The van der Waals surface area contributed by atoms with Crippen LogP contribution in [0.25, 0.3) is 0 Å². The van der Waals surface area contributed by atoms with Gasteiger partial charge in [0, 0.05) is 31.0 Å². The molecular weight excluding hydrogens is 254 g/mol. The van der Waals surface area contributed by atoms with Gasteiger partial charge in [0.15, 0.2) is 0 Å². The van der Waals surface area contributed by atoms with Gasteiger partial charge in [0.2, 0.25) is 0 Å². The lowest BCUT2D eigenvalue weighted by molar-refractivity contribution is 0.0168. The fourth-order valence-electron chi connectivity index (χ4n) is 3.67. The average molecular weight is 271 g/mol. The summed E-state index contributed by atoms with van der Waals surface area (Å²) in [7, 11) is 1.82. The number of nitrogens with zero attached hydrogens (tertiary/aromatic N) is 1. The third-order valence-corrected chi connectivity index (χ3v) is 4.73. The minimum Gasteiger partial charge on any atom is -0.458 e. The molecule has 1 aromatic rings. The summed E-state index contributed by atoms with van der Waals surface area (Å²) in [5.74, 6) is 0.745. The normalized spacial score (nSPS) is 39.5. The van der Waals surface area contributed by atoms with Gasteiger partial charge in [-0.2, -0.15) is 0 Å². The van der Waals surface area contributed by atoms with Crippen molar-refractivity contribution in [2.24, 2.45) is 16.8 Å². The Morgan fingerprint density at radius 3 is 2.85 bits per heavy atom. The molecule has 0 aromatic heterocycles. The Hall–Kier alpha value is -1.68. The van der Waals surface area contributed by atoms with E-state index < -0.39 is 0 Å². The maximum Gasteiger partial charge on any atom is 0.338 e. The highest BCUT2D eigenvalue weighted by molar-refractivity contribution is 5.92. The minimum atomic E-state index is -0.239. The van der Waals surface area contributed by atoms with Crippen LogP contribution in [0, 0.1) is 11.8 Å². The number of rotatable bonds is 2. The molecule has 0 N–H and O–H groups in total. The zero-order chi connectivity index (χ0) is 13.7. The average Bonchev–Trinajstić information content (AvgIpc) is 3.19. The van der Waals surface area contributed by atoms with Crippen LogP contribution in [0.15, 0.2) is 35.3 Å². The number of hydrogen-bond acceptors (Lipinski definition) is 4. The number of carbonyl (C=O) groups is 1. The van der Waals surface area contributed by atoms with E-state index in [-0.39, 0.29) is 12.1 Å². The van der Waals surface area contributed by atoms with Gasteiger partial charge < -0.3 is 9.47 Å². The molecule has 1 aliphatic heterocycles. The van der Waals surface area contributed by atoms with Crippen LogP contribution < -0.4 is 0 Å². The van der Waals surface area contributed by atoms with E-state index in [4.69, 9.17) is 9.47 Å². The molecule has 2 aliphatic carbocycles. The molecule has 20 heavy (non-hydrogen) atoms. The molecule has 3 aliphatic rings. The van der Waals surface area contributed by atoms with E-state index in [9.17, 15) is 4.79 Å². The fourth-order valence-corrected chi connectivity index (χ4v) is 3.67. The van der Waals surface area contributed by atoms with Crippen LogP contribution in [-0.2, 0) is 9.47 Å². The highest BCUT2D eigenvalue weighted by atomic mass is 16.6. The largest absolute Gasteiger partial charge is 0.458 e. The molecule has 5 atom stereocenters. The Morgan fingerprint density at radius 1 is 1.30 bits per heavy atom. The van der Waals surface area contributed by atoms with Gasteiger partial charge in [0.1, 0.15) is 6.10 Å². The maximum absolute atomic E-state index is 12.1. The first-order valence-corrected chi connectivity index (χ1v) is 7.15.